The van der Waals surface area contributed by atoms with Crippen molar-refractivity contribution in [2.24, 2.45) is 5.92 Å². The Labute approximate surface area is 89.2 Å². The monoisotopic (exact) mass is 295 g/mol. The van der Waals surface area contributed by atoms with E-state index in [4.69, 9.17) is 0 Å². The normalized spacial score (nSPS) is 36.8. The summed E-state index contributed by atoms with van der Waals surface area (Å²) in [6.07, 6.45) is 1.08. The van der Waals surface area contributed by atoms with E-state index >= 15 is 0 Å². The van der Waals surface area contributed by atoms with Crippen molar-refractivity contribution >= 4 is 26.8 Å². The number of carbonyl (C=O) groups excluding carboxylic acids is 1. The van der Waals surface area contributed by atoms with Crippen LogP contribution in [-0.4, -0.2) is 32.9 Å². The van der Waals surface area contributed by atoms with Crippen LogP contribution in [0.4, 0.5) is 0 Å². The molecule has 2 rings (SSSR count). The molecule has 0 radical (unpaired) electrons. The number of hydrogen-bond donors (Lipinski definition) is 1. The van der Waals surface area contributed by atoms with Crippen LogP contribution in [0, 0.1) is 5.92 Å². The van der Waals surface area contributed by atoms with Crippen LogP contribution in [0.15, 0.2) is 9.70 Å². The summed E-state index contributed by atoms with van der Waals surface area (Å²) in [7, 11) is 0. The van der Waals surface area contributed by atoms with Gasteiger partial charge in [-0.15, -0.1) is 0 Å². The number of amides is 1. The third-order valence-corrected chi connectivity index (χ3v) is 7.02. The second-order valence-electron chi connectivity index (χ2n) is 4.37. The van der Waals surface area contributed by atoms with E-state index in [1.165, 1.54) is 5.57 Å². The molecule has 0 aromatic heterocycles. The van der Waals surface area contributed by atoms with Crippen molar-refractivity contribution in [2.45, 2.75) is 36.7 Å². The quantitative estimate of drug-likeness (QED) is 0.603. The van der Waals surface area contributed by atoms with Gasteiger partial charge in [-0.25, -0.2) is 0 Å². The number of carbonyl (C=O) groups is 1. The van der Waals surface area contributed by atoms with Crippen LogP contribution < -0.4 is 5.32 Å². The van der Waals surface area contributed by atoms with E-state index < -0.39 is 0 Å². The molecule has 72 valence electrons. The topological polar surface area (TPSA) is 29.1 Å². The van der Waals surface area contributed by atoms with Crippen molar-refractivity contribution in [1.29, 1.82) is 0 Å². The van der Waals surface area contributed by atoms with Crippen molar-refractivity contribution in [1.82, 2.24) is 5.32 Å². The zero-order chi connectivity index (χ0) is 9.64. The fraction of sp³-hybridized carbons (Fsp3) is 0.700. The number of rotatable bonds is 2. The first-order chi connectivity index (χ1) is 6.06. The Hall–Kier alpha value is -0.000390. The van der Waals surface area contributed by atoms with Gasteiger partial charge in [0.05, 0.1) is 0 Å². The van der Waals surface area contributed by atoms with Crippen molar-refractivity contribution in [3.8, 4) is 0 Å². The summed E-state index contributed by atoms with van der Waals surface area (Å²) < 4.78 is 2.42. The molecule has 0 bridgehead atoms. The maximum absolute atomic E-state index is 11.6. The van der Waals surface area contributed by atoms with E-state index in [2.05, 4.69) is 30.2 Å². The third kappa shape index (κ3) is 1.25. The summed E-state index contributed by atoms with van der Waals surface area (Å²) >= 11 is -0.231. The molecule has 0 spiro atoms. The first kappa shape index (κ1) is 9.55. The SMILES string of the molecule is CC1=C[Te]C2(CC(C)C)C(=O)N[C@@H]12. The molecule has 1 amide bonds. The van der Waals surface area contributed by atoms with E-state index in [0.29, 0.717) is 17.9 Å². The van der Waals surface area contributed by atoms with E-state index in [0.717, 1.165) is 6.42 Å². The summed E-state index contributed by atoms with van der Waals surface area (Å²) in [4.78, 5) is 11.6. The Morgan fingerprint density at radius 2 is 2.38 bits per heavy atom. The van der Waals surface area contributed by atoms with Gasteiger partial charge in [0, 0.05) is 0 Å². The molecule has 1 saturated heterocycles. The third-order valence-electron chi connectivity index (χ3n) is 2.75. The van der Waals surface area contributed by atoms with E-state index in [-0.39, 0.29) is 24.4 Å². The Balaban J connectivity index is 2.18. The number of nitrogens with one attached hydrogen (secondary N) is 1. The van der Waals surface area contributed by atoms with Gasteiger partial charge in [-0.05, 0) is 0 Å². The molecule has 13 heavy (non-hydrogen) atoms. The fourth-order valence-corrected chi connectivity index (χ4v) is 6.46. The molecule has 2 heterocycles. The van der Waals surface area contributed by atoms with Crippen molar-refractivity contribution < 1.29 is 4.79 Å². The van der Waals surface area contributed by atoms with Crippen LogP contribution in [0.1, 0.15) is 27.2 Å². The molecule has 2 atom stereocenters. The molecule has 2 nitrogen and oxygen atoms in total. The summed E-state index contributed by atoms with van der Waals surface area (Å²) in [6, 6.07) is 0.407. The molecule has 1 fully saturated rings. The molecule has 1 unspecified atom stereocenters. The van der Waals surface area contributed by atoms with Crippen molar-refractivity contribution in [2.75, 3.05) is 0 Å². The standard InChI is InChI=1S/C10H15NOTe/c1-6(2)4-10-8(11-9(10)12)7(3)5-13-10/h5-6,8H,4H2,1-3H3,(H,11,12)/t8-,10?/m0/s1. The molecule has 1 N–H and O–H groups in total. The van der Waals surface area contributed by atoms with Crippen molar-refractivity contribution in [3.63, 3.8) is 0 Å². The van der Waals surface area contributed by atoms with Gasteiger partial charge in [0.2, 0.25) is 0 Å². The predicted molar refractivity (Wildman–Crippen MR) is 53.6 cm³/mol. The van der Waals surface area contributed by atoms with E-state index in [1.54, 1.807) is 0 Å². The fourth-order valence-electron chi connectivity index (χ4n) is 2.16. The molecule has 3 heteroatoms. The van der Waals surface area contributed by atoms with Crippen LogP contribution in [0.25, 0.3) is 0 Å². The van der Waals surface area contributed by atoms with Crippen LogP contribution in [-0.2, 0) is 4.79 Å². The first-order valence-electron chi connectivity index (χ1n) is 4.72. The summed E-state index contributed by atoms with van der Waals surface area (Å²) in [5.41, 5.74) is 1.41. The van der Waals surface area contributed by atoms with Gasteiger partial charge in [-0.1, -0.05) is 0 Å². The summed E-state index contributed by atoms with van der Waals surface area (Å²) in [5.74, 6) is 0.958. The predicted octanol–water partition coefficient (Wildman–Crippen LogP) is 1.31. The molecule has 2 aliphatic heterocycles. The molecule has 0 aromatic carbocycles. The summed E-state index contributed by atoms with van der Waals surface area (Å²) in [6.45, 7) is 6.56. The van der Waals surface area contributed by atoms with Gasteiger partial charge in [-0.2, -0.15) is 0 Å². The number of hydrogen-bond acceptors (Lipinski definition) is 1. The van der Waals surface area contributed by atoms with Gasteiger partial charge in [0.1, 0.15) is 0 Å². The molecule has 2 aliphatic rings. The van der Waals surface area contributed by atoms with Gasteiger partial charge < -0.3 is 0 Å². The Morgan fingerprint density at radius 3 is 2.85 bits per heavy atom. The number of fused-ring (bicyclic) bond motifs is 1. The Kier molecular flexibility index (Phi) is 2.20. The average Bonchev–Trinajstić information content (AvgIpc) is 2.28. The zero-order valence-electron chi connectivity index (χ0n) is 8.26. The van der Waals surface area contributed by atoms with E-state index in [1.807, 2.05) is 0 Å². The van der Waals surface area contributed by atoms with Crippen molar-refractivity contribution in [3.05, 3.63) is 9.70 Å². The van der Waals surface area contributed by atoms with Gasteiger partial charge in [-0.3, -0.25) is 0 Å². The van der Waals surface area contributed by atoms with Crippen LogP contribution in [0.3, 0.4) is 0 Å². The van der Waals surface area contributed by atoms with Crippen LogP contribution in [0.2, 0.25) is 3.46 Å². The van der Waals surface area contributed by atoms with Gasteiger partial charge >= 0.3 is 89.3 Å². The van der Waals surface area contributed by atoms with E-state index in [9.17, 15) is 4.79 Å². The molecular weight excluding hydrogens is 278 g/mol. The molecule has 0 aliphatic carbocycles. The summed E-state index contributed by atoms with van der Waals surface area (Å²) in [5, 5.41) is 3.03. The molecule has 0 aromatic rings. The zero-order valence-corrected chi connectivity index (χ0v) is 10.6. The van der Waals surface area contributed by atoms with Gasteiger partial charge in [0.25, 0.3) is 0 Å². The van der Waals surface area contributed by atoms with Crippen LogP contribution in [0.5, 0.6) is 0 Å². The Morgan fingerprint density at radius 1 is 1.69 bits per heavy atom. The minimum atomic E-state index is -0.231. The van der Waals surface area contributed by atoms with Gasteiger partial charge in [0.15, 0.2) is 0 Å². The first-order valence-corrected chi connectivity index (χ1v) is 7.23. The second-order valence-corrected chi connectivity index (χ2v) is 7.80. The minimum absolute atomic E-state index is 0.0727. The maximum atomic E-state index is 11.6. The second kappa shape index (κ2) is 3.00. The number of β-lactam (4-membered cyclic amide) rings is 1. The molecular formula is C10H15NOTe. The van der Waals surface area contributed by atoms with Crippen LogP contribution >= 0.6 is 0 Å². The average molecular weight is 293 g/mol. The Bertz CT molecular complexity index is 285. The molecule has 0 saturated carbocycles.